The van der Waals surface area contributed by atoms with Gasteiger partial charge in [0.2, 0.25) is 11.2 Å². The molecule has 5 nitrogen and oxygen atoms in total. The summed E-state index contributed by atoms with van der Waals surface area (Å²) >= 11 is 5.91. The van der Waals surface area contributed by atoms with Gasteiger partial charge in [-0.1, -0.05) is 31.2 Å². The standard InChI is InChI=1S/C15H19ClN4O/c1-4-9-21-15-19-13(16)18-14(20-15)17-11(3)12-8-6-5-7-10(12)2/h5-8,11H,4,9H2,1-3H3,(H,17,18,19,20). The topological polar surface area (TPSA) is 59.9 Å². The van der Waals surface area contributed by atoms with Crippen molar-refractivity contribution in [3.8, 4) is 6.01 Å². The molecule has 1 atom stereocenters. The third kappa shape index (κ3) is 4.29. The van der Waals surface area contributed by atoms with Gasteiger partial charge in [-0.15, -0.1) is 0 Å². The minimum atomic E-state index is 0.0590. The van der Waals surface area contributed by atoms with Crippen LogP contribution in [0.1, 0.15) is 37.4 Å². The third-order valence-electron chi connectivity index (χ3n) is 3.02. The average Bonchev–Trinajstić information content (AvgIpc) is 2.45. The van der Waals surface area contributed by atoms with Crippen molar-refractivity contribution in [1.82, 2.24) is 15.0 Å². The summed E-state index contributed by atoms with van der Waals surface area (Å²) in [6.07, 6.45) is 0.881. The summed E-state index contributed by atoms with van der Waals surface area (Å²) in [5.74, 6) is 0.414. The normalized spacial score (nSPS) is 12.0. The van der Waals surface area contributed by atoms with Gasteiger partial charge in [0.05, 0.1) is 12.6 Å². The summed E-state index contributed by atoms with van der Waals surface area (Å²) in [6.45, 7) is 6.69. The molecule has 1 heterocycles. The zero-order chi connectivity index (χ0) is 15.2. The van der Waals surface area contributed by atoms with Crippen molar-refractivity contribution >= 4 is 17.5 Å². The van der Waals surface area contributed by atoms with Crippen molar-refractivity contribution in [2.45, 2.75) is 33.2 Å². The molecule has 2 rings (SSSR count). The van der Waals surface area contributed by atoms with E-state index in [9.17, 15) is 0 Å². The number of halogens is 1. The van der Waals surface area contributed by atoms with E-state index in [-0.39, 0.29) is 17.3 Å². The van der Waals surface area contributed by atoms with Gasteiger partial charge in [-0.25, -0.2) is 0 Å². The number of nitrogens with zero attached hydrogens (tertiary/aromatic N) is 3. The van der Waals surface area contributed by atoms with Gasteiger partial charge in [0.25, 0.3) is 0 Å². The van der Waals surface area contributed by atoms with Crippen LogP contribution in [0, 0.1) is 6.92 Å². The number of rotatable bonds is 6. The summed E-state index contributed by atoms with van der Waals surface area (Å²) in [5, 5.41) is 3.35. The number of aryl methyl sites for hydroxylation is 1. The molecule has 1 unspecified atom stereocenters. The first-order valence-electron chi connectivity index (χ1n) is 6.96. The average molecular weight is 307 g/mol. The Labute approximate surface area is 129 Å². The lowest BCUT2D eigenvalue weighted by Gasteiger charge is -2.16. The molecule has 0 bridgehead atoms. The van der Waals surface area contributed by atoms with Crippen LogP contribution in [0.2, 0.25) is 5.28 Å². The summed E-state index contributed by atoms with van der Waals surface area (Å²) in [5.41, 5.74) is 2.39. The van der Waals surface area contributed by atoms with Gasteiger partial charge >= 0.3 is 6.01 Å². The zero-order valence-corrected chi connectivity index (χ0v) is 13.2. The predicted octanol–water partition coefficient (Wildman–Crippen LogP) is 3.80. The van der Waals surface area contributed by atoms with Crippen LogP contribution < -0.4 is 10.1 Å². The quantitative estimate of drug-likeness (QED) is 0.879. The van der Waals surface area contributed by atoms with E-state index in [0.717, 1.165) is 6.42 Å². The minimum Gasteiger partial charge on any atom is -0.463 e. The van der Waals surface area contributed by atoms with Crippen LogP contribution >= 0.6 is 11.6 Å². The molecular weight excluding hydrogens is 288 g/mol. The van der Waals surface area contributed by atoms with Crippen LogP contribution in [-0.4, -0.2) is 21.6 Å². The molecule has 0 aliphatic rings. The fourth-order valence-corrected chi connectivity index (χ4v) is 2.15. The molecule has 6 heteroatoms. The van der Waals surface area contributed by atoms with Gasteiger partial charge in [-0.3, -0.25) is 0 Å². The number of hydrogen-bond acceptors (Lipinski definition) is 5. The minimum absolute atomic E-state index is 0.0590. The molecule has 0 amide bonds. The highest BCUT2D eigenvalue weighted by Crippen LogP contribution is 2.21. The van der Waals surface area contributed by atoms with Crippen molar-refractivity contribution in [1.29, 1.82) is 0 Å². The molecule has 0 saturated carbocycles. The van der Waals surface area contributed by atoms with Crippen LogP contribution in [0.4, 0.5) is 5.95 Å². The lowest BCUT2D eigenvalue weighted by molar-refractivity contribution is 0.291. The van der Waals surface area contributed by atoms with E-state index < -0.39 is 0 Å². The maximum atomic E-state index is 5.91. The molecule has 21 heavy (non-hydrogen) atoms. The van der Waals surface area contributed by atoms with Gasteiger partial charge in [-0.05, 0) is 43.0 Å². The Morgan fingerprint density at radius 3 is 2.71 bits per heavy atom. The fraction of sp³-hybridized carbons (Fsp3) is 0.400. The van der Waals surface area contributed by atoms with E-state index in [1.807, 2.05) is 26.0 Å². The number of hydrogen-bond donors (Lipinski definition) is 1. The van der Waals surface area contributed by atoms with Crippen LogP contribution in [0.15, 0.2) is 24.3 Å². The molecular formula is C15H19ClN4O. The second-order valence-corrected chi connectivity index (χ2v) is 5.12. The van der Waals surface area contributed by atoms with Crippen LogP contribution in [0.5, 0.6) is 6.01 Å². The third-order valence-corrected chi connectivity index (χ3v) is 3.19. The monoisotopic (exact) mass is 306 g/mol. The number of anilines is 1. The number of benzene rings is 1. The second-order valence-electron chi connectivity index (χ2n) is 4.78. The fourth-order valence-electron chi connectivity index (χ4n) is 2.00. The molecule has 112 valence electrons. The molecule has 0 aliphatic heterocycles. The molecule has 2 aromatic rings. The maximum absolute atomic E-state index is 5.91. The number of ether oxygens (including phenoxy) is 1. The lowest BCUT2D eigenvalue weighted by Crippen LogP contribution is -2.12. The number of aromatic nitrogens is 3. The van der Waals surface area contributed by atoms with Gasteiger partial charge in [0, 0.05) is 0 Å². The second kappa shape index (κ2) is 7.22. The van der Waals surface area contributed by atoms with Crippen LogP contribution in [0.3, 0.4) is 0 Å². The smallest absolute Gasteiger partial charge is 0.322 e. The highest BCUT2D eigenvalue weighted by Gasteiger charge is 2.11. The Morgan fingerprint density at radius 1 is 1.24 bits per heavy atom. The summed E-state index contributed by atoms with van der Waals surface area (Å²) in [7, 11) is 0. The van der Waals surface area contributed by atoms with E-state index in [1.54, 1.807) is 0 Å². The molecule has 0 saturated heterocycles. The van der Waals surface area contributed by atoms with Crippen LogP contribution in [0.25, 0.3) is 0 Å². The molecule has 0 radical (unpaired) electrons. The van der Waals surface area contributed by atoms with Gasteiger partial charge in [0.15, 0.2) is 0 Å². The highest BCUT2D eigenvalue weighted by molar-refractivity contribution is 6.28. The molecule has 1 N–H and O–H groups in total. The lowest BCUT2D eigenvalue weighted by atomic mass is 10.0. The first-order chi connectivity index (χ1) is 10.1. The van der Waals surface area contributed by atoms with E-state index in [1.165, 1.54) is 11.1 Å². The number of nitrogens with one attached hydrogen (secondary N) is 1. The summed E-state index contributed by atoms with van der Waals surface area (Å²) in [6, 6.07) is 8.48. The van der Waals surface area contributed by atoms with Crippen molar-refractivity contribution in [3.63, 3.8) is 0 Å². The maximum Gasteiger partial charge on any atom is 0.322 e. The summed E-state index contributed by atoms with van der Waals surface area (Å²) < 4.78 is 5.40. The molecule has 0 aliphatic carbocycles. The Kier molecular flexibility index (Phi) is 5.33. The van der Waals surface area contributed by atoms with Crippen molar-refractivity contribution in [2.24, 2.45) is 0 Å². The highest BCUT2D eigenvalue weighted by atomic mass is 35.5. The van der Waals surface area contributed by atoms with E-state index in [4.69, 9.17) is 16.3 Å². The SMILES string of the molecule is CCCOc1nc(Cl)nc(NC(C)c2ccccc2C)n1. The van der Waals surface area contributed by atoms with Crippen molar-refractivity contribution in [3.05, 3.63) is 40.7 Å². The van der Waals surface area contributed by atoms with E-state index >= 15 is 0 Å². The molecule has 0 spiro atoms. The van der Waals surface area contributed by atoms with Crippen molar-refractivity contribution < 1.29 is 4.74 Å². The van der Waals surface area contributed by atoms with Crippen LogP contribution in [-0.2, 0) is 0 Å². The Hall–Kier alpha value is -1.88. The van der Waals surface area contributed by atoms with E-state index in [0.29, 0.717) is 12.6 Å². The summed E-state index contributed by atoms with van der Waals surface area (Å²) in [4.78, 5) is 12.3. The Morgan fingerprint density at radius 2 is 2.00 bits per heavy atom. The van der Waals surface area contributed by atoms with Crippen molar-refractivity contribution in [2.75, 3.05) is 11.9 Å². The van der Waals surface area contributed by atoms with Gasteiger partial charge < -0.3 is 10.1 Å². The Bertz CT molecular complexity index is 606. The molecule has 0 fully saturated rings. The van der Waals surface area contributed by atoms with Gasteiger partial charge in [0.1, 0.15) is 0 Å². The predicted molar refractivity (Wildman–Crippen MR) is 83.8 cm³/mol. The zero-order valence-electron chi connectivity index (χ0n) is 12.4. The first kappa shape index (κ1) is 15.5. The van der Waals surface area contributed by atoms with E-state index in [2.05, 4.69) is 39.3 Å². The first-order valence-corrected chi connectivity index (χ1v) is 7.34. The Balaban J connectivity index is 2.15. The molecule has 1 aromatic heterocycles. The largest absolute Gasteiger partial charge is 0.463 e. The van der Waals surface area contributed by atoms with Gasteiger partial charge in [-0.2, -0.15) is 15.0 Å². The molecule has 1 aromatic carbocycles.